The Morgan fingerprint density at radius 3 is 2.88 bits per heavy atom. The molecule has 2 heterocycles. The van der Waals surface area contributed by atoms with Gasteiger partial charge in [-0.25, -0.2) is 4.39 Å². The summed E-state index contributed by atoms with van der Waals surface area (Å²) >= 11 is 1.64. The van der Waals surface area contributed by atoms with Crippen LogP contribution in [0.15, 0.2) is 23.6 Å². The normalized spacial score (nSPS) is 17.3. The Labute approximate surface area is 98.5 Å². The van der Waals surface area contributed by atoms with Crippen LogP contribution >= 0.6 is 11.3 Å². The second-order valence-electron chi connectivity index (χ2n) is 4.38. The van der Waals surface area contributed by atoms with Crippen LogP contribution in [0.1, 0.15) is 18.4 Å². The highest BCUT2D eigenvalue weighted by molar-refractivity contribution is 7.17. The van der Waals surface area contributed by atoms with E-state index in [2.05, 4.69) is 10.3 Å². The molecule has 0 amide bonds. The Morgan fingerprint density at radius 1 is 1.25 bits per heavy atom. The zero-order valence-corrected chi connectivity index (χ0v) is 9.89. The average Bonchev–Trinajstić information content (AvgIpc) is 2.89. The number of benzene rings is 1. The lowest BCUT2D eigenvalue weighted by molar-refractivity contribution is 0.333. The lowest BCUT2D eigenvalue weighted by atomic mass is 10.1. The van der Waals surface area contributed by atoms with Crippen LogP contribution in [0.3, 0.4) is 0 Å². The first-order valence-electron chi connectivity index (χ1n) is 5.71. The molecule has 0 N–H and O–H groups in total. The molecule has 3 rings (SSSR count). The standard InChI is InChI=1S/C13H14FNS/c14-11-3-4-12-10(9-16-13(12)7-11)8-15-5-1-2-6-15/h3-4,7,9H,1-2,5-6,8H2. The molecule has 1 fully saturated rings. The highest BCUT2D eigenvalue weighted by Gasteiger charge is 2.14. The molecule has 1 aliphatic heterocycles. The number of likely N-dealkylation sites (tertiary alicyclic amines) is 1. The monoisotopic (exact) mass is 235 g/mol. The summed E-state index contributed by atoms with van der Waals surface area (Å²) in [5.74, 6) is -0.137. The average molecular weight is 235 g/mol. The quantitative estimate of drug-likeness (QED) is 0.768. The summed E-state index contributed by atoms with van der Waals surface area (Å²) in [6, 6.07) is 5.10. The van der Waals surface area contributed by atoms with Crippen molar-refractivity contribution in [2.24, 2.45) is 0 Å². The van der Waals surface area contributed by atoms with Gasteiger partial charge in [-0.2, -0.15) is 0 Å². The fourth-order valence-electron chi connectivity index (χ4n) is 2.36. The third-order valence-corrected chi connectivity index (χ3v) is 4.20. The summed E-state index contributed by atoms with van der Waals surface area (Å²) in [6.07, 6.45) is 2.63. The van der Waals surface area contributed by atoms with Gasteiger partial charge in [0.2, 0.25) is 0 Å². The first kappa shape index (κ1) is 10.2. The molecule has 1 nitrogen and oxygen atoms in total. The molecular weight excluding hydrogens is 221 g/mol. The third-order valence-electron chi connectivity index (χ3n) is 3.21. The molecule has 1 aromatic heterocycles. The summed E-state index contributed by atoms with van der Waals surface area (Å²) in [4.78, 5) is 2.48. The van der Waals surface area contributed by atoms with Crippen molar-refractivity contribution >= 4 is 21.4 Å². The fraction of sp³-hybridized carbons (Fsp3) is 0.385. The van der Waals surface area contributed by atoms with Gasteiger partial charge in [0.25, 0.3) is 0 Å². The van der Waals surface area contributed by atoms with Gasteiger partial charge in [0, 0.05) is 11.2 Å². The Hall–Kier alpha value is -0.930. The first-order valence-corrected chi connectivity index (χ1v) is 6.59. The lowest BCUT2D eigenvalue weighted by Crippen LogP contribution is -2.17. The molecule has 16 heavy (non-hydrogen) atoms. The maximum atomic E-state index is 13.0. The molecule has 0 aliphatic carbocycles. The molecule has 0 spiro atoms. The summed E-state index contributed by atoms with van der Waals surface area (Å²) in [6.45, 7) is 3.43. The van der Waals surface area contributed by atoms with Gasteiger partial charge in [0.05, 0.1) is 0 Å². The zero-order chi connectivity index (χ0) is 11.0. The van der Waals surface area contributed by atoms with Gasteiger partial charge in [-0.05, 0) is 54.4 Å². The molecule has 1 aromatic carbocycles. The number of hydrogen-bond acceptors (Lipinski definition) is 2. The van der Waals surface area contributed by atoms with Crippen LogP contribution in [-0.2, 0) is 6.54 Å². The van der Waals surface area contributed by atoms with E-state index in [9.17, 15) is 4.39 Å². The maximum Gasteiger partial charge on any atom is 0.124 e. The number of nitrogens with zero attached hydrogens (tertiary/aromatic N) is 1. The van der Waals surface area contributed by atoms with E-state index in [1.54, 1.807) is 23.5 Å². The van der Waals surface area contributed by atoms with Gasteiger partial charge < -0.3 is 0 Å². The summed E-state index contributed by atoms with van der Waals surface area (Å²) < 4.78 is 14.1. The van der Waals surface area contributed by atoms with Crippen LogP contribution in [0.5, 0.6) is 0 Å². The predicted molar refractivity (Wildman–Crippen MR) is 66.3 cm³/mol. The maximum absolute atomic E-state index is 13.0. The van der Waals surface area contributed by atoms with Crippen LogP contribution in [0.25, 0.3) is 10.1 Å². The Morgan fingerprint density at radius 2 is 2.06 bits per heavy atom. The van der Waals surface area contributed by atoms with Crippen molar-refractivity contribution in [1.29, 1.82) is 0 Å². The van der Waals surface area contributed by atoms with Gasteiger partial charge in [0.1, 0.15) is 5.82 Å². The first-order chi connectivity index (χ1) is 7.83. The molecule has 0 unspecified atom stereocenters. The largest absolute Gasteiger partial charge is 0.299 e. The van der Waals surface area contributed by atoms with Crippen molar-refractivity contribution in [3.63, 3.8) is 0 Å². The van der Waals surface area contributed by atoms with E-state index in [1.165, 1.54) is 36.9 Å². The highest BCUT2D eigenvalue weighted by Crippen LogP contribution is 2.28. The number of fused-ring (bicyclic) bond motifs is 1. The molecule has 1 saturated heterocycles. The van der Waals surface area contributed by atoms with Gasteiger partial charge in [-0.1, -0.05) is 6.07 Å². The zero-order valence-electron chi connectivity index (χ0n) is 9.08. The molecular formula is C13H14FNS. The van der Waals surface area contributed by atoms with E-state index < -0.39 is 0 Å². The molecule has 1 aliphatic rings. The van der Waals surface area contributed by atoms with E-state index in [-0.39, 0.29) is 5.82 Å². The van der Waals surface area contributed by atoms with Crippen molar-refractivity contribution in [2.45, 2.75) is 19.4 Å². The number of halogens is 1. The molecule has 0 saturated carbocycles. The summed E-state index contributed by atoms with van der Waals surface area (Å²) in [5, 5.41) is 3.39. The smallest absolute Gasteiger partial charge is 0.124 e. The molecule has 0 bridgehead atoms. The second kappa shape index (κ2) is 4.15. The molecule has 0 atom stereocenters. The third kappa shape index (κ3) is 1.85. The van der Waals surface area contributed by atoms with Gasteiger partial charge in [-0.15, -0.1) is 11.3 Å². The Kier molecular flexibility index (Phi) is 2.65. The fourth-order valence-corrected chi connectivity index (χ4v) is 3.34. The van der Waals surface area contributed by atoms with Gasteiger partial charge in [0.15, 0.2) is 0 Å². The molecule has 2 aromatic rings. The van der Waals surface area contributed by atoms with Gasteiger partial charge >= 0.3 is 0 Å². The predicted octanol–water partition coefficient (Wildman–Crippen LogP) is 3.64. The number of rotatable bonds is 2. The van der Waals surface area contributed by atoms with Crippen LogP contribution in [-0.4, -0.2) is 18.0 Å². The van der Waals surface area contributed by atoms with Crippen molar-refractivity contribution < 1.29 is 4.39 Å². The van der Waals surface area contributed by atoms with Crippen LogP contribution in [0.2, 0.25) is 0 Å². The summed E-state index contributed by atoms with van der Waals surface area (Å²) in [5.41, 5.74) is 1.35. The number of thiophene rings is 1. The minimum absolute atomic E-state index is 0.137. The van der Waals surface area contributed by atoms with E-state index in [1.807, 2.05) is 6.07 Å². The molecule has 3 heteroatoms. The van der Waals surface area contributed by atoms with Crippen LogP contribution in [0.4, 0.5) is 4.39 Å². The van der Waals surface area contributed by atoms with E-state index in [0.717, 1.165) is 11.2 Å². The van der Waals surface area contributed by atoms with Crippen LogP contribution in [0, 0.1) is 5.82 Å². The Balaban J connectivity index is 1.91. The minimum atomic E-state index is -0.137. The van der Waals surface area contributed by atoms with Crippen molar-refractivity contribution in [2.75, 3.05) is 13.1 Å². The SMILES string of the molecule is Fc1ccc2c(CN3CCCC3)csc2c1. The summed E-state index contributed by atoms with van der Waals surface area (Å²) in [7, 11) is 0. The van der Waals surface area contributed by atoms with Crippen molar-refractivity contribution in [1.82, 2.24) is 4.90 Å². The number of hydrogen-bond donors (Lipinski definition) is 0. The van der Waals surface area contributed by atoms with Crippen LogP contribution < -0.4 is 0 Å². The van der Waals surface area contributed by atoms with Crippen molar-refractivity contribution in [3.8, 4) is 0 Å². The highest BCUT2D eigenvalue weighted by atomic mass is 32.1. The Bertz CT molecular complexity index is 500. The minimum Gasteiger partial charge on any atom is -0.299 e. The van der Waals surface area contributed by atoms with Gasteiger partial charge in [-0.3, -0.25) is 4.90 Å². The van der Waals surface area contributed by atoms with E-state index in [4.69, 9.17) is 0 Å². The van der Waals surface area contributed by atoms with E-state index >= 15 is 0 Å². The molecule has 0 radical (unpaired) electrons. The topological polar surface area (TPSA) is 3.24 Å². The van der Waals surface area contributed by atoms with E-state index in [0.29, 0.717) is 0 Å². The molecule has 84 valence electrons. The van der Waals surface area contributed by atoms with Crippen molar-refractivity contribution in [3.05, 3.63) is 35.0 Å². The lowest BCUT2D eigenvalue weighted by Gasteiger charge is -2.13. The second-order valence-corrected chi connectivity index (χ2v) is 5.30.